The van der Waals surface area contributed by atoms with E-state index in [9.17, 15) is 18.0 Å². The van der Waals surface area contributed by atoms with Crippen LogP contribution in [0, 0.1) is 6.92 Å². The van der Waals surface area contributed by atoms with E-state index in [4.69, 9.17) is 0 Å². The van der Waals surface area contributed by atoms with Gasteiger partial charge in [0, 0.05) is 17.9 Å². The molecule has 0 fully saturated rings. The average molecular weight is 366 g/mol. The van der Waals surface area contributed by atoms with E-state index in [0.29, 0.717) is 17.9 Å². The van der Waals surface area contributed by atoms with Crippen molar-refractivity contribution < 1.29 is 18.0 Å². The topological polar surface area (TPSA) is 66.9 Å². The van der Waals surface area contributed by atoms with Gasteiger partial charge in [-0.3, -0.25) is 4.79 Å². The first-order chi connectivity index (χ1) is 12.3. The molecule has 1 heterocycles. The van der Waals surface area contributed by atoms with Crippen LogP contribution in [-0.4, -0.2) is 22.4 Å². The van der Waals surface area contributed by atoms with Crippen molar-refractivity contribution in [1.82, 2.24) is 15.3 Å². The number of carbonyl (C=O) groups is 1. The number of hydrogen-bond acceptors (Lipinski definition) is 4. The molecule has 0 radical (unpaired) electrons. The maximum absolute atomic E-state index is 12.6. The molecule has 1 aromatic carbocycles. The molecule has 0 aliphatic rings. The van der Waals surface area contributed by atoms with E-state index in [2.05, 4.69) is 27.5 Å². The molecule has 0 atom stereocenters. The molecule has 0 aliphatic carbocycles. The first kappa shape index (κ1) is 19.7. The minimum atomic E-state index is -4.39. The summed E-state index contributed by atoms with van der Waals surface area (Å²) in [5.41, 5.74) is 0.454. The highest BCUT2D eigenvalue weighted by molar-refractivity contribution is 5.92. The Kier molecular flexibility index (Phi) is 6.54. The molecule has 26 heavy (non-hydrogen) atoms. The van der Waals surface area contributed by atoms with Gasteiger partial charge in [-0.15, -0.1) is 0 Å². The van der Waals surface area contributed by atoms with Crippen LogP contribution in [0.1, 0.15) is 47.9 Å². The van der Waals surface area contributed by atoms with E-state index in [0.717, 1.165) is 31.4 Å². The molecule has 5 nitrogen and oxygen atoms in total. The van der Waals surface area contributed by atoms with Gasteiger partial charge in [0.05, 0.1) is 5.56 Å². The second kappa shape index (κ2) is 8.64. The molecular weight excluding hydrogens is 345 g/mol. The number of benzene rings is 1. The highest BCUT2D eigenvalue weighted by Gasteiger charge is 2.29. The van der Waals surface area contributed by atoms with Crippen molar-refractivity contribution in [2.45, 2.75) is 39.3 Å². The minimum Gasteiger partial charge on any atom is -0.351 e. The van der Waals surface area contributed by atoms with E-state index in [-0.39, 0.29) is 17.5 Å². The van der Waals surface area contributed by atoms with Crippen LogP contribution in [-0.2, 0) is 6.18 Å². The Bertz CT molecular complexity index is 745. The summed E-state index contributed by atoms with van der Waals surface area (Å²) in [4.78, 5) is 20.5. The molecule has 8 heteroatoms. The number of hydrogen-bond donors (Lipinski definition) is 2. The molecule has 0 bridgehead atoms. The summed E-state index contributed by atoms with van der Waals surface area (Å²) < 4.78 is 37.8. The Hall–Kier alpha value is -2.64. The third-order valence-corrected chi connectivity index (χ3v) is 3.62. The number of unbranched alkanes of at least 4 members (excludes halogenated alkanes) is 2. The fraction of sp³-hybridized carbons (Fsp3) is 0.389. The van der Waals surface area contributed by atoms with Crippen molar-refractivity contribution in [3.63, 3.8) is 0 Å². The van der Waals surface area contributed by atoms with Crippen molar-refractivity contribution in [3.8, 4) is 0 Å². The van der Waals surface area contributed by atoms with Crippen LogP contribution in [0.15, 0.2) is 30.3 Å². The second-order valence-corrected chi connectivity index (χ2v) is 5.88. The molecule has 0 spiro atoms. The molecule has 0 saturated carbocycles. The van der Waals surface area contributed by atoms with Crippen LogP contribution in [0.25, 0.3) is 0 Å². The third kappa shape index (κ3) is 5.72. The van der Waals surface area contributed by atoms with Gasteiger partial charge >= 0.3 is 6.18 Å². The normalized spacial score (nSPS) is 11.3. The molecule has 2 N–H and O–H groups in total. The summed E-state index contributed by atoms with van der Waals surface area (Å²) in [7, 11) is 0. The Morgan fingerprint density at radius 2 is 1.81 bits per heavy atom. The SMILES string of the molecule is CCCCCNC(=O)c1cc(C)nc(Nc2ccc(C(F)(F)F)cc2)n1. The number of nitrogens with zero attached hydrogens (tertiary/aromatic N) is 2. The highest BCUT2D eigenvalue weighted by atomic mass is 19.4. The molecule has 1 amide bonds. The molecule has 2 rings (SSSR count). The Morgan fingerprint density at radius 3 is 2.42 bits per heavy atom. The number of anilines is 2. The van der Waals surface area contributed by atoms with Crippen molar-refractivity contribution in [2.24, 2.45) is 0 Å². The van der Waals surface area contributed by atoms with Gasteiger partial charge in [-0.05, 0) is 43.7 Å². The highest BCUT2D eigenvalue weighted by Crippen LogP contribution is 2.30. The van der Waals surface area contributed by atoms with E-state index >= 15 is 0 Å². The predicted octanol–water partition coefficient (Wildman–Crippen LogP) is 4.47. The summed E-state index contributed by atoms with van der Waals surface area (Å²) in [5, 5.41) is 5.62. The molecule has 2 aromatic rings. The zero-order chi connectivity index (χ0) is 19.2. The average Bonchev–Trinajstić information content (AvgIpc) is 2.57. The molecule has 1 aromatic heterocycles. The Labute approximate surface area is 150 Å². The molecule has 0 saturated heterocycles. The summed E-state index contributed by atoms with van der Waals surface area (Å²) >= 11 is 0. The zero-order valence-electron chi connectivity index (χ0n) is 14.7. The van der Waals surface area contributed by atoms with Gasteiger partial charge in [0.2, 0.25) is 5.95 Å². The Morgan fingerprint density at radius 1 is 1.12 bits per heavy atom. The maximum atomic E-state index is 12.6. The van der Waals surface area contributed by atoms with E-state index in [1.54, 1.807) is 13.0 Å². The summed E-state index contributed by atoms with van der Waals surface area (Å²) in [6.07, 6.45) is -1.40. The number of nitrogens with one attached hydrogen (secondary N) is 2. The van der Waals surface area contributed by atoms with Gasteiger partial charge in [0.25, 0.3) is 5.91 Å². The van der Waals surface area contributed by atoms with Gasteiger partial charge < -0.3 is 10.6 Å². The fourth-order valence-corrected chi connectivity index (χ4v) is 2.28. The monoisotopic (exact) mass is 366 g/mol. The van der Waals surface area contributed by atoms with Gasteiger partial charge in [-0.25, -0.2) is 9.97 Å². The van der Waals surface area contributed by atoms with Gasteiger partial charge in [-0.1, -0.05) is 19.8 Å². The number of halogens is 3. The van der Waals surface area contributed by atoms with Crippen molar-refractivity contribution in [3.05, 3.63) is 47.3 Å². The van der Waals surface area contributed by atoms with Crippen LogP contribution >= 0.6 is 0 Å². The number of amides is 1. The largest absolute Gasteiger partial charge is 0.416 e. The molecule has 0 unspecified atom stereocenters. The summed E-state index contributed by atoms with van der Waals surface area (Å²) in [5.74, 6) is -0.148. The maximum Gasteiger partial charge on any atom is 0.416 e. The van der Waals surface area contributed by atoms with Gasteiger partial charge in [0.1, 0.15) is 5.69 Å². The van der Waals surface area contributed by atoms with Crippen LogP contribution in [0.4, 0.5) is 24.8 Å². The lowest BCUT2D eigenvalue weighted by Crippen LogP contribution is -2.25. The standard InChI is InChI=1S/C18H21F3N4O/c1-3-4-5-10-22-16(26)15-11-12(2)23-17(25-15)24-14-8-6-13(7-9-14)18(19,20)21/h6-9,11H,3-5,10H2,1-2H3,(H,22,26)(H,23,24,25). The van der Waals surface area contributed by atoms with E-state index in [1.807, 2.05) is 0 Å². The van der Waals surface area contributed by atoms with Crippen molar-refractivity contribution in [1.29, 1.82) is 0 Å². The lowest BCUT2D eigenvalue weighted by Gasteiger charge is -2.10. The predicted molar refractivity (Wildman–Crippen MR) is 93.4 cm³/mol. The molecule has 0 aliphatic heterocycles. The first-order valence-corrected chi connectivity index (χ1v) is 8.37. The summed E-state index contributed by atoms with van der Waals surface area (Å²) in [6.45, 7) is 4.36. The lowest BCUT2D eigenvalue weighted by atomic mass is 10.2. The minimum absolute atomic E-state index is 0.156. The van der Waals surface area contributed by atoms with Crippen molar-refractivity contribution in [2.75, 3.05) is 11.9 Å². The molecular formula is C18H21F3N4O. The molecule has 140 valence electrons. The van der Waals surface area contributed by atoms with Gasteiger partial charge in [-0.2, -0.15) is 13.2 Å². The third-order valence-electron chi connectivity index (χ3n) is 3.62. The number of aryl methyl sites for hydroxylation is 1. The Balaban J connectivity index is 2.08. The first-order valence-electron chi connectivity index (χ1n) is 8.37. The van der Waals surface area contributed by atoms with E-state index < -0.39 is 11.7 Å². The van der Waals surface area contributed by atoms with Crippen LogP contribution < -0.4 is 10.6 Å². The van der Waals surface area contributed by atoms with Gasteiger partial charge in [0.15, 0.2) is 0 Å². The van der Waals surface area contributed by atoms with Crippen LogP contribution in [0.2, 0.25) is 0 Å². The van der Waals surface area contributed by atoms with Crippen molar-refractivity contribution >= 4 is 17.5 Å². The number of alkyl halides is 3. The summed E-state index contributed by atoms with van der Waals surface area (Å²) in [6, 6.07) is 6.09. The second-order valence-electron chi connectivity index (χ2n) is 5.88. The number of aromatic nitrogens is 2. The van der Waals surface area contributed by atoms with Crippen LogP contribution in [0.3, 0.4) is 0 Å². The lowest BCUT2D eigenvalue weighted by molar-refractivity contribution is -0.137. The number of carbonyl (C=O) groups excluding carboxylic acids is 1. The smallest absolute Gasteiger partial charge is 0.351 e. The van der Waals surface area contributed by atoms with Crippen LogP contribution in [0.5, 0.6) is 0 Å². The zero-order valence-corrected chi connectivity index (χ0v) is 14.7. The number of rotatable bonds is 7. The van der Waals surface area contributed by atoms with E-state index in [1.165, 1.54) is 12.1 Å². The quantitative estimate of drug-likeness (QED) is 0.710. The fourth-order valence-electron chi connectivity index (χ4n) is 2.28.